The van der Waals surface area contributed by atoms with Crippen molar-refractivity contribution in [3.63, 3.8) is 0 Å². The van der Waals surface area contributed by atoms with Crippen molar-refractivity contribution in [2.75, 3.05) is 4.90 Å². The summed E-state index contributed by atoms with van der Waals surface area (Å²) in [6, 6.07) is 100. The summed E-state index contributed by atoms with van der Waals surface area (Å²) >= 11 is 0. The van der Waals surface area contributed by atoms with Crippen molar-refractivity contribution in [2.45, 2.75) is 10.8 Å². The number of hydrogen-bond acceptors (Lipinski definition) is 4. The van der Waals surface area contributed by atoms with Gasteiger partial charge in [-0.25, -0.2) is 8.78 Å². The minimum Gasteiger partial charge on any atom is -0.457 e. The molecule has 0 saturated carbocycles. The minimum absolute atomic E-state index is 0.321. The molecule has 0 amide bonds. The molecule has 90 heavy (non-hydrogen) atoms. The molecule has 4 nitrogen and oxygen atoms in total. The van der Waals surface area contributed by atoms with E-state index in [1.165, 1.54) is 0 Å². The van der Waals surface area contributed by atoms with E-state index in [2.05, 4.69) is 176 Å². The van der Waals surface area contributed by atoms with E-state index in [9.17, 15) is 0 Å². The fourth-order valence-corrected chi connectivity index (χ4v) is 14.2. The Morgan fingerprint density at radius 3 is 1.20 bits per heavy atom. The Kier molecular flexibility index (Phi) is 13.0. The van der Waals surface area contributed by atoms with E-state index in [4.69, 9.17) is 13.9 Å². The fourth-order valence-electron chi connectivity index (χ4n) is 14.2. The third-order valence-electron chi connectivity index (χ3n) is 18.2. The van der Waals surface area contributed by atoms with Crippen molar-refractivity contribution in [1.29, 1.82) is 0 Å². The highest BCUT2D eigenvalue weighted by Gasteiger charge is 2.48. The lowest BCUT2D eigenvalue weighted by Gasteiger charge is -2.36. The number of benzene rings is 13. The van der Waals surface area contributed by atoms with Crippen LogP contribution in [0.4, 0.5) is 25.8 Å². The molecule has 2 unspecified atom stereocenters. The van der Waals surface area contributed by atoms with E-state index >= 15 is 8.78 Å². The maximum absolute atomic E-state index is 15.4. The molecule has 428 valence electrons. The number of anilines is 3. The second-order valence-electron chi connectivity index (χ2n) is 23.0. The Morgan fingerprint density at radius 2 is 0.722 bits per heavy atom. The average Bonchev–Trinajstić information content (AvgIpc) is 1.57. The largest absolute Gasteiger partial charge is 0.457 e. The van der Waals surface area contributed by atoms with Crippen molar-refractivity contribution in [3.8, 4) is 56.4 Å². The number of halogens is 2. The number of para-hydroxylation sites is 2. The third-order valence-corrected chi connectivity index (χ3v) is 18.2. The van der Waals surface area contributed by atoms with Crippen LogP contribution in [0.2, 0.25) is 0 Å². The van der Waals surface area contributed by atoms with Crippen LogP contribution in [0, 0.1) is 11.6 Å². The van der Waals surface area contributed by atoms with Crippen molar-refractivity contribution in [3.05, 3.63) is 378 Å². The molecular formula is C84H55F2NO3. The molecule has 0 saturated heterocycles. The molecule has 6 heteroatoms. The second-order valence-corrected chi connectivity index (χ2v) is 23.0. The van der Waals surface area contributed by atoms with Gasteiger partial charge in [-0.05, 0) is 205 Å². The van der Waals surface area contributed by atoms with E-state index < -0.39 is 10.8 Å². The fraction of sp³-hybridized carbons (Fsp3) is 0.0238. The number of hydrogen-bond donors (Lipinski definition) is 0. The molecule has 13 aromatic carbocycles. The predicted octanol–water partition coefficient (Wildman–Crippen LogP) is 22.6. The number of ether oxygens (including phenoxy) is 2. The zero-order valence-electron chi connectivity index (χ0n) is 48.8. The van der Waals surface area contributed by atoms with Crippen LogP contribution >= 0.6 is 0 Å². The summed E-state index contributed by atoms with van der Waals surface area (Å²) in [6.45, 7) is 7.84. The maximum atomic E-state index is 15.4. The van der Waals surface area contributed by atoms with Gasteiger partial charge in [0.05, 0.1) is 16.5 Å². The van der Waals surface area contributed by atoms with Crippen LogP contribution in [0.15, 0.2) is 315 Å². The summed E-state index contributed by atoms with van der Waals surface area (Å²) < 4.78 is 50.3. The normalized spacial score (nSPS) is 15.2. The third kappa shape index (κ3) is 8.70. The van der Waals surface area contributed by atoms with Crippen LogP contribution in [0.1, 0.15) is 55.6 Å². The lowest BCUT2D eigenvalue weighted by molar-refractivity contribution is 0.482. The first kappa shape index (κ1) is 53.8. The zero-order valence-corrected chi connectivity index (χ0v) is 48.8. The maximum Gasteiger partial charge on any atom is 0.136 e. The number of nitrogens with zero attached hydrogens (tertiary/aromatic N) is 1. The van der Waals surface area contributed by atoms with Crippen LogP contribution in [0.25, 0.3) is 67.5 Å². The first-order valence-corrected chi connectivity index (χ1v) is 30.1. The van der Waals surface area contributed by atoms with Crippen molar-refractivity contribution in [1.82, 2.24) is 0 Å². The Hall–Kier alpha value is -11.6. The van der Waals surface area contributed by atoms with Crippen LogP contribution in [-0.2, 0) is 10.8 Å². The minimum atomic E-state index is -0.931. The van der Waals surface area contributed by atoms with Gasteiger partial charge in [-0.15, -0.1) is 0 Å². The Balaban J connectivity index is 0.927. The zero-order chi connectivity index (χ0) is 60.5. The molecular weight excluding hydrogens is 1110 g/mol. The number of rotatable bonds is 14. The molecule has 16 rings (SSSR count). The molecule has 0 bridgehead atoms. The Labute approximate surface area is 520 Å². The highest BCUT2D eigenvalue weighted by molar-refractivity contribution is 6.06. The Morgan fingerprint density at radius 1 is 0.333 bits per heavy atom. The molecule has 14 aromatic rings. The number of furan rings is 1. The van der Waals surface area contributed by atoms with Gasteiger partial charge in [0.15, 0.2) is 0 Å². The van der Waals surface area contributed by atoms with Crippen molar-refractivity contribution < 1.29 is 22.7 Å². The Bertz CT molecular complexity index is 4860. The van der Waals surface area contributed by atoms with Crippen molar-refractivity contribution >= 4 is 51.2 Å². The van der Waals surface area contributed by atoms with Gasteiger partial charge in [-0.2, -0.15) is 0 Å². The molecule has 0 fully saturated rings. The molecule has 2 aliphatic rings. The molecule has 1 aromatic heterocycles. The molecule has 1 heterocycles. The van der Waals surface area contributed by atoms with Gasteiger partial charge in [0, 0.05) is 27.7 Å². The van der Waals surface area contributed by atoms with E-state index in [1.54, 1.807) is 24.3 Å². The monoisotopic (exact) mass is 1160 g/mol. The summed E-state index contributed by atoms with van der Waals surface area (Å²) in [5.74, 6) is 2.13. The highest BCUT2D eigenvalue weighted by atomic mass is 19.1. The first-order chi connectivity index (χ1) is 44.3. The van der Waals surface area contributed by atoms with Gasteiger partial charge in [0.1, 0.15) is 45.8 Å². The highest BCUT2D eigenvalue weighted by Crippen LogP contribution is 2.60. The average molecular weight is 1160 g/mol. The van der Waals surface area contributed by atoms with E-state index in [1.807, 2.05) is 127 Å². The lowest BCUT2D eigenvalue weighted by atomic mass is 9.67. The van der Waals surface area contributed by atoms with Crippen LogP contribution in [-0.4, -0.2) is 0 Å². The van der Waals surface area contributed by atoms with Gasteiger partial charge in [-0.1, -0.05) is 201 Å². The van der Waals surface area contributed by atoms with E-state index in [0.29, 0.717) is 23.0 Å². The van der Waals surface area contributed by atoms with Gasteiger partial charge in [0.25, 0.3) is 0 Å². The summed E-state index contributed by atoms with van der Waals surface area (Å²) in [5.41, 5.74) is 18.7. The summed E-state index contributed by atoms with van der Waals surface area (Å²) in [6.07, 6.45) is 3.62. The smallest absolute Gasteiger partial charge is 0.136 e. The van der Waals surface area contributed by atoms with Gasteiger partial charge in [0.2, 0.25) is 0 Å². The summed E-state index contributed by atoms with van der Waals surface area (Å²) in [4.78, 5) is 2.37. The molecule has 0 aliphatic heterocycles. The van der Waals surface area contributed by atoms with Gasteiger partial charge < -0.3 is 18.8 Å². The molecule has 2 atom stereocenters. The van der Waals surface area contributed by atoms with Gasteiger partial charge in [-0.3, -0.25) is 0 Å². The number of fused-ring (bicyclic) bond motifs is 9. The van der Waals surface area contributed by atoms with E-state index in [0.717, 1.165) is 128 Å². The van der Waals surface area contributed by atoms with E-state index in [-0.39, 0.29) is 11.6 Å². The molecule has 0 spiro atoms. The topological polar surface area (TPSA) is 34.8 Å². The SMILES string of the molecule is C=Cc1ccc(Oc2ccc(C3(c4ccc(F)cc4)c4ccccc4-c4ccc(N(c5ccc6c(c5)C(c5ccc(F)cc5)(c5ccc(Oc7ccc(C=C)cc7)cc5)c5ccccc5-6)c5ccccc5-c5ccc6c(c5)oc5ccccc56)cc43)cc2)cc1. The van der Waals surface area contributed by atoms with Crippen LogP contribution < -0.4 is 14.4 Å². The van der Waals surface area contributed by atoms with Crippen LogP contribution in [0.5, 0.6) is 23.0 Å². The standard InChI is InChI=1S/C84H55F2NO3/c1-3-54-21-40-65(41-22-54)88-67-44-30-59(31-45-67)83(57-26-34-61(85)35-27-57)76-17-9-5-14-70(76)72-49-38-63(52-78(72)83)87(80-19-11-7-13-69(80)56-25-48-75-74-16-8-12-20-81(74)90-82(75)51-56)64-39-50-73-71-15-6-10-18-77(71)84(79(73)53-64,58-28-36-62(86)37-29-58)60-32-46-68(47-33-60)89-66-42-23-55(4-2)24-43-66/h3-53H,1-2H2. The van der Waals surface area contributed by atoms with Crippen LogP contribution in [0.3, 0.4) is 0 Å². The molecule has 2 aliphatic carbocycles. The lowest BCUT2D eigenvalue weighted by Crippen LogP contribution is -2.29. The summed E-state index contributed by atoms with van der Waals surface area (Å²) in [5, 5.41) is 2.10. The summed E-state index contributed by atoms with van der Waals surface area (Å²) in [7, 11) is 0. The molecule has 0 N–H and O–H groups in total. The second kappa shape index (κ2) is 21.7. The van der Waals surface area contributed by atoms with Gasteiger partial charge >= 0.3 is 0 Å². The molecule has 0 radical (unpaired) electrons. The first-order valence-electron chi connectivity index (χ1n) is 30.1. The quantitative estimate of drug-likeness (QED) is 0.109. The van der Waals surface area contributed by atoms with Crippen molar-refractivity contribution in [2.24, 2.45) is 0 Å². The predicted molar refractivity (Wildman–Crippen MR) is 362 cm³/mol.